The van der Waals surface area contributed by atoms with Gasteiger partial charge in [-0.15, -0.1) is 13.2 Å². The summed E-state index contributed by atoms with van der Waals surface area (Å²) in [5.41, 5.74) is 0.521. The fourth-order valence-electron chi connectivity index (χ4n) is 2.28. The van der Waals surface area contributed by atoms with Crippen molar-refractivity contribution in [3.8, 4) is 5.75 Å². The minimum atomic E-state index is -4.69. The van der Waals surface area contributed by atoms with E-state index in [1.54, 1.807) is 6.07 Å². The average molecular weight is 275 g/mol. The fraction of sp³-hybridized carbons (Fsp3) is 0.538. The van der Waals surface area contributed by atoms with Crippen LogP contribution in [0.1, 0.15) is 25.7 Å². The Labute approximate surface area is 109 Å². The maximum absolute atomic E-state index is 12.1. The van der Waals surface area contributed by atoms with Gasteiger partial charge in [-0.05, 0) is 25.0 Å². The van der Waals surface area contributed by atoms with Crippen LogP contribution in [0, 0.1) is 0 Å². The number of aliphatic hydroxyl groups excluding tert-OH is 1. The van der Waals surface area contributed by atoms with Crippen molar-refractivity contribution < 1.29 is 23.0 Å². The van der Waals surface area contributed by atoms with E-state index in [2.05, 4.69) is 10.1 Å². The lowest BCUT2D eigenvalue weighted by molar-refractivity contribution is -0.274. The second kappa shape index (κ2) is 5.69. The van der Waals surface area contributed by atoms with Crippen LogP contribution in [0.25, 0.3) is 0 Å². The number of benzene rings is 1. The molecule has 0 radical (unpaired) electrons. The topological polar surface area (TPSA) is 41.5 Å². The monoisotopic (exact) mass is 275 g/mol. The van der Waals surface area contributed by atoms with Gasteiger partial charge >= 0.3 is 6.36 Å². The molecule has 1 aromatic rings. The van der Waals surface area contributed by atoms with Gasteiger partial charge in [0.15, 0.2) is 0 Å². The van der Waals surface area contributed by atoms with Gasteiger partial charge in [-0.3, -0.25) is 0 Å². The summed E-state index contributed by atoms with van der Waals surface area (Å²) in [6, 6.07) is 5.56. The summed E-state index contributed by atoms with van der Waals surface area (Å²) in [5.74, 6) is -0.261. The maximum atomic E-state index is 12.1. The summed E-state index contributed by atoms with van der Waals surface area (Å²) in [5, 5.41) is 12.9. The molecule has 1 aliphatic carbocycles. The molecule has 0 aliphatic heterocycles. The van der Waals surface area contributed by atoms with E-state index in [-0.39, 0.29) is 11.8 Å². The minimum Gasteiger partial charge on any atom is -0.406 e. The Kier molecular flexibility index (Phi) is 4.19. The number of ether oxygens (including phenoxy) is 1. The van der Waals surface area contributed by atoms with Crippen molar-refractivity contribution in [3.05, 3.63) is 24.3 Å². The molecule has 2 atom stereocenters. The van der Waals surface area contributed by atoms with E-state index in [0.717, 1.165) is 25.7 Å². The lowest BCUT2D eigenvalue weighted by atomic mass is 9.92. The van der Waals surface area contributed by atoms with Crippen LogP contribution in [0.5, 0.6) is 5.75 Å². The smallest absolute Gasteiger partial charge is 0.406 e. The third kappa shape index (κ3) is 4.31. The zero-order valence-corrected chi connectivity index (χ0v) is 10.3. The fourth-order valence-corrected chi connectivity index (χ4v) is 2.28. The number of halogens is 3. The Morgan fingerprint density at radius 2 is 1.95 bits per heavy atom. The van der Waals surface area contributed by atoms with Gasteiger partial charge < -0.3 is 15.2 Å². The van der Waals surface area contributed by atoms with Crippen LogP contribution in [-0.4, -0.2) is 23.6 Å². The predicted molar refractivity (Wildman–Crippen MR) is 65.0 cm³/mol. The van der Waals surface area contributed by atoms with Crippen molar-refractivity contribution in [2.75, 3.05) is 5.32 Å². The minimum absolute atomic E-state index is 0.116. The molecule has 0 aromatic heterocycles. The molecular weight excluding hydrogens is 259 g/mol. The molecule has 3 nitrogen and oxygen atoms in total. The molecule has 0 saturated heterocycles. The van der Waals surface area contributed by atoms with Crippen LogP contribution >= 0.6 is 0 Å². The number of alkyl halides is 3. The van der Waals surface area contributed by atoms with E-state index >= 15 is 0 Å². The second-order valence-corrected chi connectivity index (χ2v) is 4.68. The van der Waals surface area contributed by atoms with Crippen LogP contribution in [0.15, 0.2) is 24.3 Å². The first kappa shape index (κ1) is 14.0. The largest absolute Gasteiger partial charge is 0.573 e. The molecule has 0 amide bonds. The van der Waals surface area contributed by atoms with Gasteiger partial charge in [-0.25, -0.2) is 0 Å². The Balaban J connectivity index is 2.02. The first-order chi connectivity index (χ1) is 8.94. The lowest BCUT2D eigenvalue weighted by Gasteiger charge is -2.29. The summed E-state index contributed by atoms with van der Waals surface area (Å²) in [6.07, 6.45) is -1.63. The highest BCUT2D eigenvalue weighted by molar-refractivity contribution is 5.49. The summed E-state index contributed by atoms with van der Waals surface area (Å²) < 4.78 is 40.2. The Morgan fingerprint density at radius 3 is 2.63 bits per heavy atom. The Bertz CT molecular complexity index is 423. The Morgan fingerprint density at radius 1 is 1.21 bits per heavy atom. The number of rotatable bonds is 3. The van der Waals surface area contributed by atoms with Crippen molar-refractivity contribution >= 4 is 5.69 Å². The van der Waals surface area contributed by atoms with Crippen LogP contribution in [-0.2, 0) is 0 Å². The molecule has 106 valence electrons. The van der Waals surface area contributed by atoms with Gasteiger partial charge in [0.05, 0.1) is 12.1 Å². The first-order valence-electron chi connectivity index (χ1n) is 6.24. The number of hydrogen-bond acceptors (Lipinski definition) is 3. The number of aliphatic hydroxyl groups is 1. The molecular formula is C13H16F3NO2. The predicted octanol–water partition coefficient (Wildman–Crippen LogP) is 3.30. The van der Waals surface area contributed by atoms with Gasteiger partial charge in [0.1, 0.15) is 5.75 Å². The molecule has 2 N–H and O–H groups in total. The third-order valence-electron chi connectivity index (χ3n) is 3.15. The van der Waals surface area contributed by atoms with Gasteiger partial charge in [-0.1, -0.05) is 18.9 Å². The van der Waals surface area contributed by atoms with E-state index in [4.69, 9.17) is 0 Å². The van der Waals surface area contributed by atoms with E-state index in [9.17, 15) is 18.3 Å². The Hall–Kier alpha value is -1.43. The van der Waals surface area contributed by atoms with Crippen LogP contribution in [0.3, 0.4) is 0 Å². The van der Waals surface area contributed by atoms with Crippen LogP contribution < -0.4 is 10.1 Å². The van der Waals surface area contributed by atoms with Gasteiger partial charge in [0.2, 0.25) is 0 Å². The molecule has 1 saturated carbocycles. The molecule has 1 aromatic carbocycles. The maximum Gasteiger partial charge on any atom is 0.573 e. The molecule has 6 heteroatoms. The van der Waals surface area contributed by atoms with Crippen molar-refractivity contribution in [3.63, 3.8) is 0 Å². The molecule has 19 heavy (non-hydrogen) atoms. The molecule has 0 heterocycles. The van der Waals surface area contributed by atoms with Gasteiger partial charge in [-0.2, -0.15) is 0 Å². The normalized spacial score (nSPS) is 24.0. The van der Waals surface area contributed by atoms with Crippen LogP contribution in [0.2, 0.25) is 0 Å². The summed E-state index contributed by atoms with van der Waals surface area (Å²) in [7, 11) is 0. The second-order valence-electron chi connectivity index (χ2n) is 4.68. The summed E-state index contributed by atoms with van der Waals surface area (Å²) in [4.78, 5) is 0. The highest BCUT2D eigenvalue weighted by Gasteiger charge is 2.31. The standard InChI is InChI=1S/C13H16F3NO2/c14-13(15,16)19-10-5-3-4-9(8-10)17-11-6-1-2-7-12(11)18/h3-5,8,11-12,17-18H,1-2,6-7H2/t11-,12-/m1/s1. The van der Waals surface area contributed by atoms with Crippen molar-refractivity contribution in [2.45, 2.75) is 44.2 Å². The lowest BCUT2D eigenvalue weighted by Crippen LogP contribution is -2.36. The highest BCUT2D eigenvalue weighted by atomic mass is 19.4. The van der Waals surface area contributed by atoms with E-state index < -0.39 is 12.5 Å². The number of anilines is 1. The van der Waals surface area contributed by atoms with E-state index in [1.807, 2.05) is 0 Å². The van der Waals surface area contributed by atoms with Gasteiger partial charge in [0.25, 0.3) is 0 Å². The van der Waals surface area contributed by atoms with Crippen molar-refractivity contribution in [1.29, 1.82) is 0 Å². The number of nitrogens with one attached hydrogen (secondary N) is 1. The summed E-state index contributed by atoms with van der Waals surface area (Å²) in [6.45, 7) is 0. The molecule has 1 fully saturated rings. The molecule has 2 rings (SSSR count). The van der Waals surface area contributed by atoms with Gasteiger partial charge in [0, 0.05) is 11.8 Å². The van der Waals surface area contributed by atoms with Crippen LogP contribution in [0.4, 0.5) is 18.9 Å². The van der Waals surface area contributed by atoms with Crippen molar-refractivity contribution in [1.82, 2.24) is 0 Å². The molecule has 0 bridgehead atoms. The molecule has 1 aliphatic rings. The van der Waals surface area contributed by atoms with Crippen molar-refractivity contribution in [2.24, 2.45) is 0 Å². The summed E-state index contributed by atoms with van der Waals surface area (Å²) >= 11 is 0. The SMILES string of the molecule is O[C@@H]1CCCC[C@H]1Nc1cccc(OC(F)(F)F)c1. The highest BCUT2D eigenvalue weighted by Crippen LogP contribution is 2.27. The van der Waals surface area contributed by atoms with E-state index in [1.165, 1.54) is 18.2 Å². The molecule has 0 unspecified atom stereocenters. The zero-order chi connectivity index (χ0) is 13.9. The third-order valence-corrected chi connectivity index (χ3v) is 3.15. The average Bonchev–Trinajstić information content (AvgIpc) is 2.30. The zero-order valence-electron chi connectivity index (χ0n) is 10.3. The first-order valence-corrected chi connectivity index (χ1v) is 6.24. The molecule has 0 spiro atoms. The quantitative estimate of drug-likeness (QED) is 0.889. The number of hydrogen-bond donors (Lipinski definition) is 2. The van der Waals surface area contributed by atoms with E-state index in [0.29, 0.717) is 5.69 Å².